The van der Waals surface area contributed by atoms with Gasteiger partial charge in [-0.05, 0) is 52.7 Å². The van der Waals surface area contributed by atoms with Crippen LogP contribution in [0.15, 0.2) is 40.9 Å². The van der Waals surface area contributed by atoms with E-state index >= 15 is 0 Å². The van der Waals surface area contributed by atoms with E-state index in [9.17, 15) is 9.18 Å². The third-order valence-electron chi connectivity index (χ3n) is 2.90. The summed E-state index contributed by atoms with van der Waals surface area (Å²) in [7, 11) is 1.18. The SMILES string of the molecule is COC(=O)Oc1cccc(F)c1COc1ccc(C)cc1Br. The minimum atomic E-state index is -0.914. The van der Waals surface area contributed by atoms with Crippen molar-refractivity contribution in [1.29, 1.82) is 0 Å². The number of carbonyl (C=O) groups excluding carboxylic acids is 1. The van der Waals surface area contributed by atoms with Gasteiger partial charge in [0.25, 0.3) is 0 Å². The van der Waals surface area contributed by atoms with E-state index in [1.54, 1.807) is 6.07 Å². The van der Waals surface area contributed by atoms with Gasteiger partial charge in [-0.3, -0.25) is 0 Å². The van der Waals surface area contributed by atoms with Gasteiger partial charge in [0.05, 0.1) is 17.1 Å². The molecule has 6 heteroatoms. The van der Waals surface area contributed by atoms with Crippen LogP contribution < -0.4 is 9.47 Å². The second-order valence-electron chi connectivity index (χ2n) is 4.50. The van der Waals surface area contributed by atoms with E-state index in [1.165, 1.54) is 25.3 Å². The summed E-state index contributed by atoms with van der Waals surface area (Å²) in [6.45, 7) is 1.87. The van der Waals surface area contributed by atoms with Gasteiger partial charge in [-0.15, -0.1) is 0 Å². The van der Waals surface area contributed by atoms with Crippen LogP contribution in [0, 0.1) is 12.7 Å². The number of hydrogen-bond donors (Lipinski definition) is 0. The molecule has 0 fully saturated rings. The van der Waals surface area contributed by atoms with Crippen LogP contribution in [0.3, 0.4) is 0 Å². The summed E-state index contributed by atoms with van der Waals surface area (Å²) in [5.41, 5.74) is 1.21. The molecule has 0 unspecified atom stereocenters. The highest BCUT2D eigenvalue weighted by atomic mass is 79.9. The van der Waals surface area contributed by atoms with Gasteiger partial charge in [0, 0.05) is 0 Å². The number of aryl methyl sites for hydroxylation is 1. The number of carbonyl (C=O) groups is 1. The summed E-state index contributed by atoms with van der Waals surface area (Å²) in [4.78, 5) is 11.2. The Bertz CT molecular complexity index is 688. The van der Waals surface area contributed by atoms with E-state index < -0.39 is 12.0 Å². The quantitative estimate of drug-likeness (QED) is 0.583. The van der Waals surface area contributed by atoms with Crippen molar-refractivity contribution in [2.24, 2.45) is 0 Å². The fourth-order valence-corrected chi connectivity index (χ4v) is 2.39. The van der Waals surface area contributed by atoms with Gasteiger partial charge in [-0.25, -0.2) is 9.18 Å². The van der Waals surface area contributed by atoms with Gasteiger partial charge in [0.2, 0.25) is 0 Å². The summed E-state index contributed by atoms with van der Waals surface area (Å²) in [6.07, 6.45) is -0.914. The molecule has 0 atom stereocenters. The lowest BCUT2D eigenvalue weighted by Crippen LogP contribution is -2.11. The Morgan fingerprint density at radius 2 is 2.00 bits per heavy atom. The molecule has 22 heavy (non-hydrogen) atoms. The fourth-order valence-electron chi connectivity index (χ4n) is 1.78. The average Bonchev–Trinajstić information content (AvgIpc) is 2.48. The first kappa shape index (κ1) is 16.3. The monoisotopic (exact) mass is 368 g/mol. The van der Waals surface area contributed by atoms with Gasteiger partial charge in [0.1, 0.15) is 23.9 Å². The molecule has 0 saturated heterocycles. The maximum atomic E-state index is 13.9. The molecule has 0 aliphatic rings. The molecule has 0 aliphatic heterocycles. The molecule has 2 aromatic rings. The second-order valence-corrected chi connectivity index (χ2v) is 5.35. The summed E-state index contributed by atoms with van der Waals surface area (Å²) in [5.74, 6) is 0.109. The van der Waals surface area contributed by atoms with Crippen molar-refractivity contribution in [3.63, 3.8) is 0 Å². The highest BCUT2D eigenvalue weighted by molar-refractivity contribution is 9.10. The van der Waals surface area contributed by atoms with Gasteiger partial charge in [0.15, 0.2) is 0 Å². The number of benzene rings is 2. The van der Waals surface area contributed by atoms with E-state index in [4.69, 9.17) is 9.47 Å². The third-order valence-corrected chi connectivity index (χ3v) is 3.51. The van der Waals surface area contributed by atoms with Crippen LogP contribution in [0.5, 0.6) is 11.5 Å². The van der Waals surface area contributed by atoms with Crippen molar-refractivity contribution < 1.29 is 23.4 Å². The molecule has 0 aliphatic carbocycles. The average molecular weight is 369 g/mol. The Morgan fingerprint density at radius 3 is 2.68 bits per heavy atom. The lowest BCUT2D eigenvalue weighted by Gasteiger charge is -2.12. The molecule has 0 aromatic heterocycles. The van der Waals surface area contributed by atoms with Crippen molar-refractivity contribution in [1.82, 2.24) is 0 Å². The first-order valence-electron chi connectivity index (χ1n) is 6.43. The fraction of sp³-hybridized carbons (Fsp3) is 0.188. The Balaban J connectivity index is 2.19. The standard InChI is InChI=1S/C16H14BrFO4/c1-10-6-7-15(12(17)8-10)21-9-11-13(18)4-3-5-14(11)22-16(19)20-2/h3-8H,9H2,1-2H3. The van der Waals surface area contributed by atoms with E-state index in [0.29, 0.717) is 5.75 Å². The number of methoxy groups -OCH3 is 1. The highest BCUT2D eigenvalue weighted by Crippen LogP contribution is 2.29. The lowest BCUT2D eigenvalue weighted by atomic mass is 10.2. The topological polar surface area (TPSA) is 44.8 Å². The molecular weight excluding hydrogens is 355 g/mol. The summed E-state index contributed by atoms with van der Waals surface area (Å²) in [6, 6.07) is 9.74. The minimum Gasteiger partial charge on any atom is -0.487 e. The minimum absolute atomic E-state index is 0.0649. The molecule has 2 aromatic carbocycles. The number of ether oxygens (including phenoxy) is 3. The van der Waals surface area contributed by atoms with Crippen LogP contribution in [0.1, 0.15) is 11.1 Å². The van der Waals surface area contributed by atoms with E-state index in [-0.39, 0.29) is 17.9 Å². The Kier molecular flexibility index (Phi) is 5.38. The number of hydrogen-bond acceptors (Lipinski definition) is 4. The van der Waals surface area contributed by atoms with Gasteiger partial charge < -0.3 is 14.2 Å². The van der Waals surface area contributed by atoms with Crippen molar-refractivity contribution >= 4 is 22.1 Å². The smallest absolute Gasteiger partial charge is 0.487 e. The van der Waals surface area contributed by atoms with Crippen LogP contribution in [-0.2, 0) is 11.3 Å². The summed E-state index contributed by atoms with van der Waals surface area (Å²) in [5, 5.41) is 0. The Morgan fingerprint density at radius 1 is 1.23 bits per heavy atom. The molecule has 0 N–H and O–H groups in total. The van der Waals surface area contributed by atoms with Crippen LogP contribution >= 0.6 is 15.9 Å². The number of halogens is 2. The molecule has 116 valence electrons. The van der Waals surface area contributed by atoms with Crippen molar-refractivity contribution in [3.05, 3.63) is 57.8 Å². The van der Waals surface area contributed by atoms with Gasteiger partial charge in [-0.1, -0.05) is 12.1 Å². The van der Waals surface area contributed by atoms with Crippen molar-refractivity contribution in [2.75, 3.05) is 7.11 Å². The normalized spacial score (nSPS) is 10.2. The molecule has 4 nitrogen and oxygen atoms in total. The molecule has 0 saturated carbocycles. The zero-order valence-corrected chi connectivity index (χ0v) is 13.6. The molecule has 2 rings (SSSR count). The molecule has 0 spiro atoms. The third kappa shape index (κ3) is 3.98. The van der Waals surface area contributed by atoms with Crippen LogP contribution in [0.25, 0.3) is 0 Å². The van der Waals surface area contributed by atoms with Crippen molar-refractivity contribution in [3.8, 4) is 11.5 Å². The maximum Gasteiger partial charge on any atom is 0.513 e. The maximum absolute atomic E-state index is 13.9. The largest absolute Gasteiger partial charge is 0.513 e. The van der Waals surface area contributed by atoms with Crippen molar-refractivity contribution in [2.45, 2.75) is 13.5 Å². The van der Waals surface area contributed by atoms with Crippen LogP contribution in [0.2, 0.25) is 0 Å². The first-order valence-corrected chi connectivity index (χ1v) is 7.22. The molecular formula is C16H14BrFO4. The second kappa shape index (κ2) is 7.26. The zero-order valence-electron chi connectivity index (χ0n) is 12.1. The number of rotatable bonds is 4. The first-order chi connectivity index (χ1) is 10.5. The molecule has 0 amide bonds. The van der Waals surface area contributed by atoms with Gasteiger partial charge in [-0.2, -0.15) is 0 Å². The van der Waals surface area contributed by atoms with E-state index in [1.807, 2.05) is 19.1 Å². The highest BCUT2D eigenvalue weighted by Gasteiger charge is 2.14. The van der Waals surface area contributed by atoms with E-state index in [0.717, 1.165) is 10.0 Å². The lowest BCUT2D eigenvalue weighted by molar-refractivity contribution is 0.120. The predicted octanol–water partition coefficient (Wildman–Crippen LogP) is 4.62. The van der Waals surface area contributed by atoms with Crippen LogP contribution in [0.4, 0.5) is 9.18 Å². The molecule has 0 radical (unpaired) electrons. The van der Waals surface area contributed by atoms with Crippen LogP contribution in [-0.4, -0.2) is 13.3 Å². The Labute approximate surface area is 135 Å². The molecule has 0 heterocycles. The van der Waals surface area contributed by atoms with Gasteiger partial charge >= 0.3 is 6.16 Å². The van der Waals surface area contributed by atoms with E-state index in [2.05, 4.69) is 20.7 Å². The Hall–Kier alpha value is -2.08. The predicted molar refractivity (Wildman–Crippen MR) is 82.6 cm³/mol. The zero-order chi connectivity index (χ0) is 16.1. The summed E-state index contributed by atoms with van der Waals surface area (Å²) >= 11 is 3.39. The molecule has 0 bridgehead atoms. The summed E-state index contributed by atoms with van der Waals surface area (Å²) < 4.78 is 29.6.